The Morgan fingerprint density at radius 3 is 2.37 bits per heavy atom. The maximum atomic E-state index is 11.9. The second-order valence-electron chi connectivity index (χ2n) is 3.48. The number of rotatable bonds is 4. The molecule has 1 N–H and O–H groups in total. The summed E-state index contributed by atoms with van der Waals surface area (Å²) in [6.45, 7) is 1.70. The summed E-state index contributed by atoms with van der Waals surface area (Å²) >= 11 is 1.10. The number of benzene rings is 1. The van der Waals surface area contributed by atoms with Gasteiger partial charge in [-0.3, -0.25) is 14.8 Å². The normalized spacial score (nSPS) is 11.2. The molecular formula is C9H8N4O4S2. The maximum Gasteiger partial charge on any atom is 0.269 e. The average Bonchev–Trinajstić information content (AvgIpc) is 2.74. The van der Waals surface area contributed by atoms with E-state index in [9.17, 15) is 18.5 Å². The third-order valence-electron chi connectivity index (χ3n) is 2.11. The summed E-state index contributed by atoms with van der Waals surface area (Å²) < 4.78 is 26.2. The van der Waals surface area contributed by atoms with Crippen molar-refractivity contribution in [1.82, 2.24) is 10.2 Å². The van der Waals surface area contributed by atoms with E-state index >= 15 is 0 Å². The third-order valence-corrected chi connectivity index (χ3v) is 4.34. The van der Waals surface area contributed by atoms with Gasteiger partial charge in [-0.2, -0.15) is 0 Å². The van der Waals surface area contributed by atoms with Gasteiger partial charge in [-0.05, 0) is 19.1 Å². The summed E-state index contributed by atoms with van der Waals surface area (Å²) in [6.07, 6.45) is 0. The van der Waals surface area contributed by atoms with Crippen molar-refractivity contribution in [3.8, 4) is 0 Å². The van der Waals surface area contributed by atoms with Crippen LogP contribution in [0, 0.1) is 17.0 Å². The average molecular weight is 300 g/mol. The van der Waals surface area contributed by atoms with Crippen LogP contribution in [0.3, 0.4) is 0 Å². The van der Waals surface area contributed by atoms with E-state index < -0.39 is 14.9 Å². The lowest BCUT2D eigenvalue weighted by Gasteiger charge is -2.03. The molecule has 10 heteroatoms. The highest BCUT2D eigenvalue weighted by atomic mass is 32.2. The molecule has 0 fully saturated rings. The first-order valence-corrected chi connectivity index (χ1v) is 7.26. The van der Waals surface area contributed by atoms with Gasteiger partial charge in [0, 0.05) is 12.1 Å². The smallest absolute Gasteiger partial charge is 0.258 e. The van der Waals surface area contributed by atoms with Crippen LogP contribution in [0.5, 0.6) is 0 Å². The highest BCUT2D eigenvalue weighted by molar-refractivity contribution is 7.93. The van der Waals surface area contributed by atoms with Gasteiger partial charge < -0.3 is 0 Å². The van der Waals surface area contributed by atoms with Crippen molar-refractivity contribution in [3.63, 3.8) is 0 Å². The van der Waals surface area contributed by atoms with E-state index in [0.717, 1.165) is 35.6 Å². The summed E-state index contributed by atoms with van der Waals surface area (Å²) in [5.41, 5.74) is -0.175. The Morgan fingerprint density at radius 1 is 1.26 bits per heavy atom. The Bertz CT molecular complexity index is 708. The van der Waals surface area contributed by atoms with Gasteiger partial charge in [-0.1, -0.05) is 11.3 Å². The lowest BCUT2D eigenvalue weighted by molar-refractivity contribution is -0.384. The molecular weight excluding hydrogens is 292 g/mol. The van der Waals surface area contributed by atoms with Crippen LogP contribution >= 0.6 is 11.3 Å². The molecule has 1 aromatic heterocycles. The quantitative estimate of drug-likeness (QED) is 0.676. The van der Waals surface area contributed by atoms with E-state index in [2.05, 4.69) is 14.9 Å². The largest absolute Gasteiger partial charge is 0.269 e. The second kappa shape index (κ2) is 4.90. The summed E-state index contributed by atoms with van der Waals surface area (Å²) in [6, 6.07) is 4.57. The molecule has 0 bridgehead atoms. The number of nitro groups is 1. The zero-order chi connectivity index (χ0) is 14.0. The van der Waals surface area contributed by atoms with Crippen molar-refractivity contribution < 1.29 is 13.3 Å². The number of aryl methyl sites for hydroxylation is 1. The molecule has 1 aromatic carbocycles. The lowest BCUT2D eigenvalue weighted by atomic mass is 10.3. The lowest BCUT2D eigenvalue weighted by Crippen LogP contribution is -2.12. The number of aromatic nitrogens is 2. The van der Waals surface area contributed by atoms with Crippen molar-refractivity contribution in [3.05, 3.63) is 39.4 Å². The van der Waals surface area contributed by atoms with E-state index in [-0.39, 0.29) is 15.7 Å². The second-order valence-corrected chi connectivity index (χ2v) is 6.35. The predicted molar refractivity (Wildman–Crippen MR) is 68.6 cm³/mol. The predicted octanol–water partition coefficient (Wildman–Crippen LogP) is 1.56. The Labute approximate surface area is 112 Å². The van der Waals surface area contributed by atoms with E-state index in [4.69, 9.17) is 0 Å². The molecule has 2 aromatic rings. The fourth-order valence-electron chi connectivity index (χ4n) is 1.26. The molecule has 2 rings (SSSR count). The van der Waals surface area contributed by atoms with Gasteiger partial charge in [0.25, 0.3) is 15.7 Å². The fraction of sp³-hybridized carbons (Fsp3) is 0.111. The van der Waals surface area contributed by atoms with E-state index in [0.29, 0.717) is 5.01 Å². The Kier molecular flexibility index (Phi) is 3.44. The zero-order valence-electron chi connectivity index (χ0n) is 9.60. The first-order chi connectivity index (χ1) is 8.88. The fourth-order valence-corrected chi connectivity index (χ4v) is 3.08. The van der Waals surface area contributed by atoms with Gasteiger partial charge in [-0.25, -0.2) is 8.42 Å². The molecule has 0 saturated carbocycles. The van der Waals surface area contributed by atoms with Gasteiger partial charge in [-0.15, -0.1) is 10.2 Å². The van der Waals surface area contributed by atoms with E-state index in [1.54, 1.807) is 6.92 Å². The SMILES string of the molecule is Cc1nnc(NS(=O)(=O)c2ccc([N+](=O)[O-])cc2)s1. The summed E-state index contributed by atoms with van der Waals surface area (Å²) in [5.74, 6) is 0. The number of sulfonamides is 1. The van der Waals surface area contributed by atoms with Gasteiger partial charge in [0.2, 0.25) is 5.13 Å². The van der Waals surface area contributed by atoms with Crippen LogP contribution in [0.1, 0.15) is 5.01 Å². The molecule has 0 aliphatic heterocycles. The number of nitro benzene ring substituents is 1. The van der Waals surface area contributed by atoms with Crippen LogP contribution in [0.2, 0.25) is 0 Å². The topological polar surface area (TPSA) is 115 Å². The molecule has 8 nitrogen and oxygen atoms in total. The van der Waals surface area contributed by atoms with Crippen molar-refractivity contribution in [1.29, 1.82) is 0 Å². The first kappa shape index (κ1) is 13.4. The molecule has 1 heterocycles. The molecule has 0 saturated heterocycles. The molecule has 0 unspecified atom stereocenters. The molecule has 0 aliphatic rings. The minimum atomic E-state index is -3.81. The number of hydrogen-bond donors (Lipinski definition) is 1. The number of non-ortho nitro benzene ring substituents is 1. The van der Waals surface area contributed by atoms with E-state index in [1.165, 1.54) is 0 Å². The molecule has 0 amide bonds. The van der Waals surface area contributed by atoms with Crippen molar-refractivity contribution in [2.75, 3.05) is 4.72 Å². The molecule has 0 spiro atoms. The van der Waals surface area contributed by atoms with Crippen LogP contribution < -0.4 is 4.72 Å². The minimum absolute atomic E-state index is 0.0778. The number of nitrogens with zero attached hydrogens (tertiary/aromatic N) is 3. The molecule has 19 heavy (non-hydrogen) atoms. The van der Waals surface area contributed by atoms with Gasteiger partial charge >= 0.3 is 0 Å². The molecule has 0 atom stereocenters. The Balaban J connectivity index is 2.26. The summed E-state index contributed by atoms with van der Waals surface area (Å²) in [4.78, 5) is 9.80. The van der Waals surface area contributed by atoms with Crippen LogP contribution in [0.15, 0.2) is 29.2 Å². The van der Waals surface area contributed by atoms with E-state index in [1.807, 2.05) is 0 Å². The molecule has 100 valence electrons. The standard InChI is InChI=1S/C9H8N4O4S2/c1-6-10-11-9(18-6)12-19(16,17)8-4-2-7(3-5-8)13(14)15/h2-5H,1H3,(H,11,12). The van der Waals surface area contributed by atoms with Crippen molar-refractivity contribution in [2.24, 2.45) is 0 Å². The number of nitrogens with one attached hydrogen (secondary N) is 1. The van der Waals surface area contributed by atoms with Crippen LogP contribution in [-0.4, -0.2) is 23.5 Å². The monoisotopic (exact) mass is 300 g/mol. The minimum Gasteiger partial charge on any atom is -0.258 e. The first-order valence-electron chi connectivity index (χ1n) is 4.96. The Hall–Kier alpha value is -2.07. The maximum absolute atomic E-state index is 11.9. The van der Waals surface area contributed by atoms with Crippen LogP contribution in [0.4, 0.5) is 10.8 Å². The molecule has 0 radical (unpaired) electrons. The molecule has 0 aliphatic carbocycles. The third kappa shape index (κ3) is 3.03. The van der Waals surface area contributed by atoms with Gasteiger partial charge in [0.05, 0.1) is 9.82 Å². The van der Waals surface area contributed by atoms with Gasteiger partial charge in [0.1, 0.15) is 5.01 Å². The Morgan fingerprint density at radius 2 is 1.89 bits per heavy atom. The van der Waals surface area contributed by atoms with Gasteiger partial charge in [0.15, 0.2) is 0 Å². The number of anilines is 1. The van der Waals surface area contributed by atoms with Crippen LogP contribution in [-0.2, 0) is 10.0 Å². The highest BCUT2D eigenvalue weighted by Gasteiger charge is 2.17. The summed E-state index contributed by atoms with van der Waals surface area (Å²) in [5, 5.41) is 18.6. The van der Waals surface area contributed by atoms with Crippen molar-refractivity contribution in [2.45, 2.75) is 11.8 Å². The summed E-state index contributed by atoms with van der Waals surface area (Å²) in [7, 11) is -3.81. The number of hydrogen-bond acceptors (Lipinski definition) is 7. The van der Waals surface area contributed by atoms with Crippen LogP contribution in [0.25, 0.3) is 0 Å². The zero-order valence-corrected chi connectivity index (χ0v) is 11.2. The van der Waals surface area contributed by atoms with Crippen molar-refractivity contribution >= 4 is 32.2 Å². The highest BCUT2D eigenvalue weighted by Crippen LogP contribution is 2.21.